The van der Waals surface area contributed by atoms with E-state index in [1.54, 1.807) is 12.1 Å². The van der Waals surface area contributed by atoms with Crippen molar-refractivity contribution < 1.29 is 38.0 Å². The van der Waals surface area contributed by atoms with Gasteiger partial charge in [-0.05, 0) is 37.8 Å². The van der Waals surface area contributed by atoms with E-state index in [1.807, 2.05) is 0 Å². The molecule has 0 fully saturated rings. The predicted octanol–water partition coefficient (Wildman–Crippen LogP) is -2.10. The number of aromatic nitrogens is 2. The Hall–Kier alpha value is -5.87. The van der Waals surface area contributed by atoms with E-state index in [0.717, 1.165) is 12.2 Å². The SMILES string of the molecule is C=CCC1NC(=O)C=CC(=O)NC(C(N)=O)CCNC(=O)C(CCCNC(=O)c2cnccn2)NC(=O)C(Cc2ccco2)NC1=O. The van der Waals surface area contributed by atoms with Gasteiger partial charge < -0.3 is 42.1 Å². The van der Waals surface area contributed by atoms with Gasteiger partial charge >= 0.3 is 0 Å². The van der Waals surface area contributed by atoms with Crippen LogP contribution in [-0.2, 0) is 35.2 Å². The smallest absolute Gasteiger partial charge is 0.271 e. The Labute approximate surface area is 269 Å². The molecule has 1 aliphatic heterocycles. The first-order valence-electron chi connectivity index (χ1n) is 14.7. The number of nitrogens with two attached hydrogens (primary N) is 1. The number of carbonyl (C=O) groups is 7. The number of furan rings is 1. The summed E-state index contributed by atoms with van der Waals surface area (Å²) in [4.78, 5) is 97.2. The molecular formula is C30H37N9O8. The Balaban J connectivity index is 1.84. The van der Waals surface area contributed by atoms with Gasteiger partial charge in [-0.15, -0.1) is 6.58 Å². The Morgan fingerprint density at radius 2 is 1.70 bits per heavy atom. The van der Waals surface area contributed by atoms with Crippen molar-refractivity contribution in [1.29, 1.82) is 0 Å². The van der Waals surface area contributed by atoms with Crippen LogP contribution in [-0.4, -0.2) is 88.6 Å². The molecule has 250 valence electrons. The van der Waals surface area contributed by atoms with E-state index < -0.39 is 65.5 Å². The highest BCUT2D eigenvalue weighted by atomic mass is 16.3. The number of amides is 7. The Morgan fingerprint density at radius 1 is 0.979 bits per heavy atom. The van der Waals surface area contributed by atoms with Crippen molar-refractivity contribution in [2.24, 2.45) is 5.73 Å². The van der Waals surface area contributed by atoms with Crippen molar-refractivity contribution >= 4 is 41.4 Å². The molecule has 0 saturated carbocycles. The zero-order valence-electron chi connectivity index (χ0n) is 25.4. The van der Waals surface area contributed by atoms with Gasteiger partial charge in [0.25, 0.3) is 5.91 Å². The number of hydrogen-bond donors (Lipinski definition) is 7. The van der Waals surface area contributed by atoms with Crippen molar-refractivity contribution in [1.82, 2.24) is 41.9 Å². The van der Waals surface area contributed by atoms with Crippen LogP contribution in [0.3, 0.4) is 0 Å². The third-order valence-electron chi connectivity index (χ3n) is 6.82. The van der Waals surface area contributed by atoms with Gasteiger partial charge in [-0.3, -0.25) is 38.5 Å². The van der Waals surface area contributed by atoms with E-state index >= 15 is 0 Å². The van der Waals surface area contributed by atoms with Crippen molar-refractivity contribution in [2.45, 2.75) is 56.3 Å². The fraction of sp³-hybridized carbons (Fsp3) is 0.367. The molecule has 3 rings (SSSR count). The monoisotopic (exact) mass is 651 g/mol. The summed E-state index contributed by atoms with van der Waals surface area (Å²) in [6, 6.07) is -1.58. The Kier molecular flexibility index (Phi) is 13.8. The first-order chi connectivity index (χ1) is 22.6. The molecule has 17 nitrogen and oxygen atoms in total. The lowest BCUT2D eigenvalue weighted by Gasteiger charge is -2.25. The maximum absolute atomic E-state index is 13.6. The predicted molar refractivity (Wildman–Crippen MR) is 165 cm³/mol. The number of nitrogens with one attached hydrogen (secondary N) is 6. The minimum Gasteiger partial charge on any atom is -0.469 e. The molecule has 8 N–H and O–H groups in total. The molecule has 1 aliphatic rings. The summed E-state index contributed by atoms with van der Waals surface area (Å²) >= 11 is 0. The minimum absolute atomic E-state index is 0.0260. The van der Waals surface area contributed by atoms with Crippen molar-refractivity contribution in [2.75, 3.05) is 13.1 Å². The summed E-state index contributed by atoms with van der Waals surface area (Å²) in [5.41, 5.74) is 5.51. The lowest BCUT2D eigenvalue weighted by atomic mass is 10.1. The van der Waals surface area contributed by atoms with Crippen LogP contribution in [0.25, 0.3) is 0 Å². The van der Waals surface area contributed by atoms with Gasteiger partial charge in [0.2, 0.25) is 35.4 Å². The summed E-state index contributed by atoms with van der Waals surface area (Å²) in [7, 11) is 0. The van der Waals surface area contributed by atoms with Gasteiger partial charge in [0.05, 0.1) is 12.5 Å². The normalized spacial score (nSPS) is 21.5. The Morgan fingerprint density at radius 3 is 2.36 bits per heavy atom. The molecule has 3 heterocycles. The van der Waals surface area contributed by atoms with Gasteiger partial charge in [-0.1, -0.05) is 6.08 Å². The second kappa shape index (κ2) is 18.2. The molecule has 4 atom stereocenters. The topological polar surface area (TPSA) is 257 Å². The van der Waals surface area contributed by atoms with Crippen LogP contribution in [0.4, 0.5) is 0 Å². The third-order valence-corrected chi connectivity index (χ3v) is 6.82. The van der Waals surface area contributed by atoms with Gasteiger partial charge in [0, 0.05) is 44.1 Å². The minimum atomic E-state index is -1.25. The molecule has 0 bridgehead atoms. The number of hydrogen-bond acceptors (Lipinski definition) is 10. The molecule has 47 heavy (non-hydrogen) atoms. The standard InChI is InChI=1S/C30H37N9O8/c1-2-5-20-29(45)39-22(16-18-6-4-15-47-18)30(46)38-21(7-3-11-34-28(44)23-17-32-13-14-33-23)27(43)35-12-10-19(26(31)42)36-24(40)8-9-25(41)37-20/h2,4,6,8-9,13-15,17,19-22H,1,3,5,7,10-12,16H2,(H2,31,42)(H,34,44)(H,35,43)(H,36,40)(H,37,41)(H,38,46)(H,39,45). The quantitative estimate of drug-likeness (QED) is 0.109. The molecule has 7 amide bonds. The first kappa shape index (κ1) is 35.6. The molecule has 0 spiro atoms. The first-order valence-corrected chi connectivity index (χ1v) is 14.7. The molecule has 0 aromatic carbocycles. The fourth-order valence-corrected chi connectivity index (χ4v) is 4.41. The molecule has 4 unspecified atom stereocenters. The molecule has 0 saturated heterocycles. The van der Waals surface area contributed by atoms with Gasteiger partial charge in [-0.2, -0.15) is 0 Å². The van der Waals surface area contributed by atoms with Crippen LogP contribution >= 0.6 is 0 Å². The Bertz CT molecular complexity index is 1460. The molecule has 2 aromatic heterocycles. The lowest BCUT2D eigenvalue weighted by Crippen LogP contribution is -2.57. The zero-order valence-corrected chi connectivity index (χ0v) is 25.4. The van der Waals surface area contributed by atoms with E-state index in [4.69, 9.17) is 10.2 Å². The summed E-state index contributed by atoms with van der Waals surface area (Å²) in [5.74, 6) is -4.72. The van der Waals surface area contributed by atoms with Gasteiger partial charge in [0.15, 0.2) is 0 Å². The highest BCUT2D eigenvalue weighted by Crippen LogP contribution is 2.08. The van der Waals surface area contributed by atoms with E-state index in [2.05, 4.69) is 48.4 Å². The van der Waals surface area contributed by atoms with Crippen molar-refractivity contribution in [3.05, 3.63) is 73.2 Å². The number of primary amides is 1. The van der Waals surface area contributed by atoms with Crippen molar-refractivity contribution in [3.8, 4) is 0 Å². The molecule has 17 heteroatoms. The summed E-state index contributed by atoms with van der Waals surface area (Å²) in [5, 5.41) is 15.3. The number of carbonyl (C=O) groups excluding carboxylic acids is 7. The van der Waals surface area contributed by atoms with Crippen LogP contribution in [0, 0.1) is 0 Å². The van der Waals surface area contributed by atoms with Crippen LogP contribution in [0.1, 0.15) is 41.9 Å². The highest BCUT2D eigenvalue weighted by Gasteiger charge is 2.30. The second-order valence-electron chi connectivity index (χ2n) is 10.4. The molecule has 2 aromatic rings. The maximum atomic E-state index is 13.6. The largest absolute Gasteiger partial charge is 0.469 e. The average Bonchev–Trinajstić information content (AvgIpc) is 3.57. The zero-order chi connectivity index (χ0) is 34.2. The molecule has 0 radical (unpaired) electrons. The average molecular weight is 652 g/mol. The van der Waals surface area contributed by atoms with Crippen LogP contribution in [0.15, 0.2) is 66.2 Å². The fourth-order valence-electron chi connectivity index (χ4n) is 4.41. The van der Waals surface area contributed by atoms with Crippen molar-refractivity contribution in [3.63, 3.8) is 0 Å². The van der Waals surface area contributed by atoms with E-state index in [0.29, 0.717) is 5.76 Å². The van der Waals surface area contributed by atoms with Gasteiger partial charge in [-0.25, -0.2) is 4.98 Å². The maximum Gasteiger partial charge on any atom is 0.271 e. The van der Waals surface area contributed by atoms with E-state index in [1.165, 1.54) is 30.9 Å². The summed E-state index contributed by atoms with van der Waals surface area (Å²) in [6.07, 6.45) is 8.67. The number of nitrogens with zero attached hydrogens (tertiary/aromatic N) is 2. The third kappa shape index (κ3) is 11.9. The molecule has 0 aliphatic carbocycles. The van der Waals surface area contributed by atoms with E-state index in [9.17, 15) is 33.6 Å². The van der Waals surface area contributed by atoms with Crippen LogP contribution in [0.5, 0.6) is 0 Å². The van der Waals surface area contributed by atoms with Gasteiger partial charge in [0.1, 0.15) is 35.6 Å². The number of rotatable bonds is 10. The van der Waals surface area contributed by atoms with Crippen LogP contribution < -0.4 is 37.6 Å². The summed E-state index contributed by atoms with van der Waals surface area (Å²) in [6.45, 7) is 3.59. The molecular weight excluding hydrogens is 614 g/mol. The van der Waals surface area contributed by atoms with E-state index in [-0.39, 0.29) is 50.9 Å². The highest BCUT2D eigenvalue weighted by molar-refractivity contribution is 6.00. The van der Waals surface area contributed by atoms with Crippen LogP contribution in [0.2, 0.25) is 0 Å². The lowest BCUT2D eigenvalue weighted by molar-refractivity contribution is -0.133. The summed E-state index contributed by atoms with van der Waals surface area (Å²) < 4.78 is 5.37. The second-order valence-corrected chi connectivity index (χ2v) is 10.4.